The number of amides is 1. The highest BCUT2D eigenvalue weighted by atomic mass is 79.9. The van der Waals surface area contributed by atoms with Crippen molar-refractivity contribution < 1.29 is 14.3 Å². The van der Waals surface area contributed by atoms with Gasteiger partial charge in [-0.05, 0) is 30.3 Å². The van der Waals surface area contributed by atoms with Gasteiger partial charge in [-0.1, -0.05) is 28.1 Å². The second kappa shape index (κ2) is 7.67. The number of aromatic nitrogens is 1. The van der Waals surface area contributed by atoms with Gasteiger partial charge < -0.3 is 15.2 Å². The van der Waals surface area contributed by atoms with Crippen LogP contribution in [-0.4, -0.2) is 18.0 Å². The summed E-state index contributed by atoms with van der Waals surface area (Å²) in [5, 5.41) is 2.75. The maximum atomic E-state index is 11.4. The third-order valence-corrected chi connectivity index (χ3v) is 4.89. The van der Waals surface area contributed by atoms with Crippen LogP contribution >= 0.6 is 27.3 Å². The van der Waals surface area contributed by atoms with Crippen LogP contribution in [0.15, 0.2) is 52.3 Å². The zero-order chi connectivity index (χ0) is 17.8. The summed E-state index contributed by atoms with van der Waals surface area (Å²) in [5.74, 6) is 0.683. The number of carbonyl (C=O) groups excluding carboxylic acids is 1. The molecule has 0 aliphatic heterocycles. The molecule has 128 valence electrons. The topological polar surface area (TPSA) is 74.4 Å². The van der Waals surface area contributed by atoms with E-state index in [9.17, 15) is 4.79 Å². The summed E-state index contributed by atoms with van der Waals surface area (Å²) in [6.07, 6.45) is 0. The lowest BCUT2D eigenvalue weighted by molar-refractivity contribution is 0.0996. The maximum Gasteiger partial charge on any atom is 0.252 e. The molecule has 0 spiro atoms. The monoisotopic (exact) mass is 418 g/mol. The first-order valence-electron chi connectivity index (χ1n) is 7.38. The van der Waals surface area contributed by atoms with Crippen LogP contribution in [0, 0.1) is 0 Å². The normalized spacial score (nSPS) is 10.5. The van der Waals surface area contributed by atoms with Crippen LogP contribution in [0.3, 0.4) is 0 Å². The molecular formula is C18H15BrN2O3S. The molecule has 2 N–H and O–H groups in total. The van der Waals surface area contributed by atoms with Crippen molar-refractivity contribution in [2.45, 2.75) is 6.61 Å². The van der Waals surface area contributed by atoms with Gasteiger partial charge in [0.05, 0.1) is 23.9 Å². The number of benzene rings is 2. The van der Waals surface area contributed by atoms with Gasteiger partial charge in [-0.2, -0.15) is 0 Å². The van der Waals surface area contributed by atoms with Crippen molar-refractivity contribution in [3.8, 4) is 22.1 Å². The van der Waals surface area contributed by atoms with E-state index in [0.29, 0.717) is 11.3 Å². The van der Waals surface area contributed by atoms with E-state index in [1.54, 1.807) is 31.4 Å². The SMILES string of the molecule is COc1ccc(Br)cc1-c1nc(COc2ccccc2C(N)=O)cs1. The molecule has 3 rings (SSSR count). The van der Waals surface area contributed by atoms with Crippen molar-refractivity contribution in [2.75, 3.05) is 7.11 Å². The number of thiazole rings is 1. The van der Waals surface area contributed by atoms with E-state index < -0.39 is 5.91 Å². The number of halogens is 1. The molecule has 0 fully saturated rings. The van der Waals surface area contributed by atoms with Crippen LogP contribution in [0.2, 0.25) is 0 Å². The van der Waals surface area contributed by atoms with E-state index in [1.807, 2.05) is 23.6 Å². The van der Waals surface area contributed by atoms with Crippen LogP contribution in [0.25, 0.3) is 10.6 Å². The molecule has 5 nitrogen and oxygen atoms in total. The zero-order valence-electron chi connectivity index (χ0n) is 13.4. The molecule has 0 atom stereocenters. The lowest BCUT2D eigenvalue weighted by Gasteiger charge is -2.08. The maximum absolute atomic E-state index is 11.4. The first kappa shape index (κ1) is 17.4. The van der Waals surface area contributed by atoms with Gasteiger partial charge in [0.15, 0.2) is 0 Å². The number of para-hydroxylation sites is 1. The second-order valence-electron chi connectivity index (χ2n) is 5.14. The van der Waals surface area contributed by atoms with Crippen molar-refractivity contribution in [1.82, 2.24) is 4.98 Å². The summed E-state index contributed by atoms with van der Waals surface area (Å²) in [7, 11) is 1.63. The number of hydrogen-bond acceptors (Lipinski definition) is 5. The molecule has 0 radical (unpaired) electrons. The molecule has 25 heavy (non-hydrogen) atoms. The van der Waals surface area contributed by atoms with Crippen molar-refractivity contribution in [3.05, 3.63) is 63.6 Å². The van der Waals surface area contributed by atoms with Crippen molar-refractivity contribution in [2.24, 2.45) is 5.73 Å². The fourth-order valence-corrected chi connectivity index (χ4v) is 3.48. The van der Waals surface area contributed by atoms with Gasteiger partial charge in [0.1, 0.15) is 23.1 Å². The molecule has 0 aliphatic rings. The van der Waals surface area contributed by atoms with Crippen LogP contribution in [-0.2, 0) is 6.61 Å². The molecule has 7 heteroatoms. The number of carbonyl (C=O) groups is 1. The molecule has 1 amide bonds. The Morgan fingerprint density at radius 2 is 2.04 bits per heavy atom. The summed E-state index contributed by atoms with van der Waals surface area (Å²) in [4.78, 5) is 16.0. The smallest absolute Gasteiger partial charge is 0.252 e. The van der Waals surface area contributed by atoms with E-state index in [1.165, 1.54) is 11.3 Å². The second-order valence-corrected chi connectivity index (χ2v) is 6.91. The molecule has 1 heterocycles. The highest BCUT2D eigenvalue weighted by Gasteiger charge is 2.13. The first-order valence-corrected chi connectivity index (χ1v) is 9.05. The van der Waals surface area contributed by atoms with Crippen LogP contribution in [0.5, 0.6) is 11.5 Å². The highest BCUT2D eigenvalue weighted by Crippen LogP contribution is 2.34. The fraction of sp³-hybridized carbons (Fsp3) is 0.111. The number of primary amides is 1. The Morgan fingerprint density at radius 3 is 2.80 bits per heavy atom. The van der Waals surface area contributed by atoms with E-state index in [-0.39, 0.29) is 6.61 Å². The Morgan fingerprint density at radius 1 is 1.24 bits per heavy atom. The predicted molar refractivity (Wildman–Crippen MR) is 101 cm³/mol. The molecule has 0 aliphatic carbocycles. The summed E-state index contributed by atoms with van der Waals surface area (Å²) in [5.41, 5.74) is 7.39. The lowest BCUT2D eigenvalue weighted by Crippen LogP contribution is -2.12. The molecule has 0 saturated heterocycles. The van der Waals surface area contributed by atoms with Gasteiger partial charge in [-0.3, -0.25) is 4.79 Å². The molecule has 2 aromatic carbocycles. The molecular weight excluding hydrogens is 404 g/mol. The molecule has 3 aromatic rings. The summed E-state index contributed by atoms with van der Waals surface area (Å²) in [6.45, 7) is 0.247. The van der Waals surface area contributed by atoms with Gasteiger partial charge in [0, 0.05) is 9.85 Å². The predicted octanol–water partition coefficient (Wildman–Crippen LogP) is 4.26. The van der Waals surface area contributed by atoms with Crippen LogP contribution < -0.4 is 15.2 Å². The minimum absolute atomic E-state index is 0.247. The van der Waals surface area contributed by atoms with Gasteiger partial charge in [-0.25, -0.2) is 4.98 Å². The summed E-state index contributed by atoms with van der Waals surface area (Å²) in [6, 6.07) is 12.7. The summed E-state index contributed by atoms with van der Waals surface area (Å²) < 4.78 is 12.1. The molecule has 0 unspecified atom stereocenters. The van der Waals surface area contributed by atoms with E-state index in [2.05, 4.69) is 20.9 Å². The zero-order valence-corrected chi connectivity index (χ0v) is 15.8. The number of methoxy groups -OCH3 is 1. The van der Waals surface area contributed by atoms with Gasteiger partial charge >= 0.3 is 0 Å². The third kappa shape index (κ3) is 4.00. The molecule has 0 saturated carbocycles. The quantitative estimate of drug-likeness (QED) is 0.648. The standard InChI is InChI=1S/C18H15BrN2O3S/c1-23-15-7-6-11(19)8-14(15)18-21-12(10-25-18)9-24-16-5-3-2-4-13(16)17(20)22/h2-8,10H,9H2,1H3,(H2,20,22). The third-order valence-electron chi connectivity index (χ3n) is 3.47. The largest absolute Gasteiger partial charge is 0.496 e. The van der Waals surface area contributed by atoms with Crippen molar-refractivity contribution >= 4 is 33.2 Å². The van der Waals surface area contributed by atoms with E-state index in [0.717, 1.165) is 26.5 Å². The fourth-order valence-electron chi connectivity index (χ4n) is 2.29. The van der Waals surface area contributed by atoms with Crippen LogP contribution in [0.4, 0.5) is 0 Å². The van der Waals surface area contributed by atoms with Gasteiger partial charge in [-0.15, -0.1) is 11.3 Å². The number of hydrogen-bond donors (Lipinski definition) is 1. The van der Waals surface area contributed by atoms with Crippen molar-refractivity contribution in [1.29, 1.82) is 0 Å². The Kier molecular flexibility index (Phi) is 5.35. The van der Waals surface area contributed by atoms with Gasteiger partial charge in [0.25, 0.3) is 5.91 Å². The molecule has 1 aromatic heterocycles. The highest BCUT2D eigenvalue weighted by molar-refractivity contribution is 9.10. The number of ether oxygens (including phenoxy) is 2. The van der Waals surface area contributed by atoms with E-state index in [4.69, 9.17) is 15.2 Å². The van der Waals surface area contributed by atoms with Gasteiger partial charge in [0.2, 0.25) is 0 Å². The average molecular weight is 419 g/mol. The molecule has 0 bridgehead atoms. The van der Waals surface area contributed by atoms with E-state index >= 15 is 0 Å². The summed E-state index contributed by atoms with van der Waals surface area (Å²) >= 11 is 4.97. The Hall–Kier alpha value is -2.38. The first-order chi connectivity index (χ1) is 12.1. The Balaban J connectivity index is 1.79. The lowest BCUT2D eigenvalue weighted by atomic mass is 10.2. The average Bonchev–Trinajstić information content (AvgIpc) is 3.09. The minimum atomic E-state index is -0.520. The number of nitrogens with zero attached hydrogens (tertiary/aromatic N) is 1. The Labute approximate surface area is 157 Å². The van der Waals surface area contributed by atoms with Crippen LogP contribution in [0.1, 0.15) is 16.1 Å². The van der Waals surface area contributed by atoms with Crippen molar-refractivity contribution in [3.63, 3.8) is 0 Å². The number of rotatable bonds is 6. The Bertz CT molecular complexity index is 911. The number of nitrogens with two attached hydrogens (primary N) is 1. The minimum Gasteiger partial charge on any atom is -0.496 e.